The minimum absolute atomic E-state index is 0.0962. The first-order valence-electron chi connectivity index (χ1n) is 43.0. The second-order valence-corrected chi connectivity index (χ2v) is 37.1. The Hall–Kier alpha value is -11.0. The number of carboxylic acid groups (broad SMARTS) is 1. The minimum Gasteiger partial charge on any atom is -0.508 e. The van der Waals surface area contributed by atoms with Gasteiger partial charge in [0.05, 0.1) is 46.2 Å². The number of unbranched alkanes of at least 4 members (excludes halogenated alkanes) is 2. The van der Waals surface area contributed by atoms with Gasteiger partial charge in [-0.25, -0.2) is 17.9 Å². The number of aliphatic hydroxyl groups excluding tert-OH is 8. The van der Waals surface area contributed by atoms with E-state index < -0.39 is 294 Å². The predicted molar refractivity (Wildman–Crippen MR) is 475 cm³/mol. The molecule has 8 aliphatic rings. The number of rotatable bonds is 26. The van der Waals surface area contributed by atoms with Crippen LogP contribution in [0.25, 0.3) is 21.9 Å². The van der Waals surface area contributed by atoms with Gasteiger partial charge in [0.2, 0.25) is 63.4 Å². The number of aromatic hydroxyl groups is 3. The van der Waals surface area contributed by atoms with Crippen molar-refractivity contribution in [2.75, 3.05) is 52.3 Å². The van der Waals surface area contributed by atoms with Gasteiger partial charge < -0.3 is 158 Å². The number of hydrogen-bond donors (Lipinski definition) is 23. The monoisotopic (exact) mass is 1930 g/mol. The number of nitrogens with one attached hydrogen (secondary N) is 9. The molecular weight excluding hydrogens is 1820 g/mol. The van der Waals surface area contributed by atoms with Crippen molar-refractivity contribution in [2.24, 2.45) is 17.4 Å². The lowest BCUT2D eigenvalue weighted by Gasteiger charge is -2.46. The number of ether oxygens (including phenoxy) is 8. The summed E-state index contributed by atoms with van der Waals surface area (Å²) in [6.07, 6.45) is -28.1. The number of sulfonamides is 1. The Morgan fingerprint density at radius 2 is 1.28 bits per heavy atom. The average molecular weight is 1930 g/mol. The lowest BCUT2D eigenvalue weighted by Crippen LogP contribution is -2.65. The van der Waals surface area contributed by atoms with Gasteiger partial charge in [-0.05, 0) is 142 Å². The number of nitrogens with two attached hydrogens (primary N) is 2. The molecule has 45 heteroatoms. The number of aliphatic carboxylic acids is 1. The molecule has 0 saturated carbocycles. The Kier molecular flexibility index (Phi) is 31.6. The summed E-state index contributed by atoms with van der Waals surface area (Å²) < 4.78 is 81.1. The molecule has 25 N–H and O–H groups in total. The van der Waals surface area contributed by atoms with Crippen LogP contribution in [0.1, 0.15) is 124 Å². The lowest BCUT2D eigenvalue weighted by molar-refractivity contribution is -0.350. The number of phenolic OH excluding ortho intramolecular Hbond substituents is 3. The first kappa shape index (κ1) is 100. The number of nitrogens with zero attached hydrogens (tertiary/aromatic N) is 1. The van der Waals surface area contributed by atoms with E-state index in [9.17, 15) is 84.1 Å². The van der Waals surface area contributed by atoms with Crippen LogP contribution in [-0.2, 0) is 72.1 Å². The van der Waals surface area contributed by atoms with Crippen molar-refractivity contribution in [3.8, 4) is 57.1 Å². The molecule has 3 saturated heterocycles. The molecule has 0 aromatic heterocycles. The summed E-state index contributed by atoms with van der Waals surface area (Å²) in [6, 6.07) is 9.26. The van der Waals surface area contributed by atoms with Crippen LogP contribution in [0.4, 0.5) is 5.69 Å². The van der Waals surface area contributed by atoms with E-state index in [1.807, 2.05) is 31.1 Å². The molecule has 1 unspecified atom stereocenters. The number of carboxylic acids is 1. The minimum atomic E-state index is -3.94. The fraction of sp³-hybridized carbons (Fsp3) is 0.461. The van der Waals surface area contributed by atoms with Gasteiger partial charge in [0, 0.05) is 78.4 Å². The molecular formula is C89H108Cl2N12O30S. The van der Waals surface area contributed by atoms with Gasteiger partial charge in [0.25, 0.3) is 0 Å². The molecule has 15 rings (SSSR count). The van der Waals surface area contributed by atoms with E-state index in [0.29, 0.717) is 24.6 Å². The molecule has 724 valence electrons. The maximum atomic E-state index is 16.5. The van der Waals surface area contributed by atoms with Crippen LogP contribution in [0.15, 0.2) is 120 Å². The number of amides is 7. The van der Waals surface area contributed by atoms with Crippen LogP contribution in [0.2, 0.25) is 10.0 Å². The van der Waals surface area contributed by atoms with Crippen LogP contribution in [0.3, 0.4) is 0 Å². The first-order chi connectivity index (χ1) is 63.4. The first-order valence-corrected chi connectivity index (χ1v) is 45.2. The number of likely N-dealkylation sites (N-methyl/N-ethyl adjacent to an activating group) is 1. The number of hydrogen-bond acceptors (Lipinski definition) is 33. The van der Waals surface area contributed by atoms with Gasteiger partial charge >= 0.3 is 5.97 Å². The van der Waals surface area contributed by atoms with Crippen LogP contribution in [0.5, 0.6) is 46.0 Å². The summed E-state index contributed by atoms with van der Waals surface area (Å²) in [4.78, 5) is 122. The Morgan fingerprint density at radius 3 is 1.93 bits per heavy atom. The van der Waals surface area contributed by atoms with E-state index in [-0.39, 0.29) is 54.4 Å². The second-order valence-electron chi connectivity index (χ2n) is 34.5. The fourth-order valence-electron chi connectivity index (χ4n) is 17.0. The van der Waals surface area contributed by atoms with Gasteiger partial charge in [-0.2, -0.15) is 0 Å². The Bertz CT molecular complexity index is 5690. The number of aliphatic hydroxyl groups is 8. The molecule has 0 aliphatic carbocycles. The molecule has 11 bridgehead atoms. The Balaban J connectivity index is 0.899. The highest BCUT2D eigenvalue weighted by Gasteiger charge is 2.53. The Morgan fingerprint density at radius 1 is 0.657 bits per heavy atom. The van der Waals surface area contributed by atoms with Gasteiger partial charge in [-0.1, -0.05) is 85.9 Å². The zero-order chi connectivity index (χ0) is 97.1. The summed E-state index contributed by atoms with van der Waals surface area (Å²) in [5, 5.41) is 161. The number of carbonyl (C=O) groups excluding carboxylic acids is 7. The SMILES string of the molecule is CN[C@H](CC(C)C)C(=O)N[C@H]1C(=O)N[C@@H](CC(N)=O)C(=O)N[C@H]2C(=O)N[C@H]3C(=O)N[C@H](C(=O)N[C@@H](C(=O)O)c4cc(O)cc(O)c4-c4cc3ccc4O)[C@H](OC3C[C@](C)(N)[C@@H](O)[C@H](C)O3)c3ccc(c(Cl)c3)Oc3cc2cc(c3O[C@@H]2O[C@H](CO)[C@@H](O[C@@H]3O[C@H](CNCCCCCNS(=O)(=O)c4cccc5c(N(C)C)cccc45)[C@H](O)[C@H](O)[C@H]3O)[C@H](O)[C@H]2O)Oc2ccc(cc2Cl)[C@H]1O. The van der Waals surface area contributed by atoms with Crippen LogP contribution in [-0.4, -0.2) is 274 Å². The number of benzene rings is 7. The van der Waals surface area contributed by atoms with E-state index >= 15 is 24.0 Å². The van der Waals surface area contributed by atoms with E-state index in [1.54, 1.807) is 32.0 Å². The molecule has 23 atom stereocenters. The lowest BCUT2D eigenvalue weighted by atomic mass is 9.86. The summed E-state index contributed by atoms with van der Waals surface area (Å²) in [5.74, 6) is -16.8. The smallest absolute Gasteiger partial charge is 0.330 e. The number of fused-ring (bicyclic) bond motifs is 16. The van der Waals surface area contributed by atoms with Crippen molar-refractivity contribution >= 4 is 97.0 Å². The molecule has 0 spiro atoms. The van der Waals surface area contributed by atoms with Gasteiger partial charge in [-0.15, -0.1) is 0 Å². The van der Waals surface area contributed by atoms with Crippen molar-refractivity contribution in [3.63, 3.8) is 0 Å². The third kappa shape index (κ3) is 22.1. The number of phenols is 3. The third-order valence-electron chi connectivity index (χ3n) is 24.0. The van der Waals surface area contributed by atoms with E-state index in [2.05, 4.69) is 47.3 Å². The largest absolute Gasteiger partial charge is 0.508 e. The number of anilines is 1. The molecule has 8 heterocycles. The highest BCUT2D eigenvalue weighted by atomic mass is 35.5. The van der Waals surface area contributed by atoms with Gasteiger partial charge in [0.1, 0.15) is 120 Å². The van der Waals surface area contributed by atoms with Gasteiger partial charge in [0.15, 0.2) is 30.1 Å². The number of halogens is 2. The Labute approximate surface area is 777 Å². The third-order valence-corrected chi connectivity index (χ3v) is 26.1. The topological polar surface area (TPSA) is 651 Å². The van der Waals surface area contributed by atoms with Crippen molar-refractivity contribution in [3.05, 3.63) is 153 Å². The molecule has 0 radical (unpaired) electrons. The summed E-state index contributed by atoms with van der Waals surface area (Å²) in [7, 11) is 1.23. The zero-order valence-electron chi connectivity index (χ0n) is 73.3. The van der Waals surface area contributed by atoms with Crippen molar-refractivity contribution in [1.29, 1.82) is 0 Å². The summed E-state index contributed by atoms with van der Waals surface area (Å²) in [5.41, 5.74) is 8.77. The average Bonchev–Trinajstić information content (AvgIpc) is 0.755. The molecule has 134 heavy (non-hydrogen) atoms. The summed E-state index contributed by atoms with van der Waals surface area (Å²) in [6.45, 7) is 5.55. The van der Waals surface area contributed by atoms with Crippen LogP contribution >= 0.6 is 23.2 Å². The van der Waals surface area contributed by atoms with Crippen molar-refractivity contribution < 1.29 is 146 Å². The molecule has 7 amide bonds. The molecule has 7 aromatic rings. The standard InChI is InChI=1S/C89H108Cl2N12O30S/c1-37(2)25-50(94-5)80(116)101-68-70(109)40-18-21-55(48(90)27-40)127-57-29-42-30-58(77(57)132-88-75(114)73(112)78(60(36-104)130-88)133-87-74(113)72(111)71(110)59(129-87)35-95-23-9-8-10-24-96-134(124,125)61-16-12-13-44-45(61)14-11-15-52(44)103(6)7)128-56-22-19-41(28-49(56)91)76(131-63-34-89(4,93)79(115)38(3)126-63)69-85(121)100-67(86(122)123)47-31-43(105)32-54(107)64(47)46-26-39(17-20-53(46)106)65(82(118)102-69)99-83(119)66(42)98-81(117)51(33-62(92)108)97-84(68)120/h11-22,26-32,37-38,50-51,59-60,63,65-76,78-79,87-88,94-96,104-107,109-115H,8-10,23-25,33-36,93H2,1-7H3,(H2,92,108)(H,97,120)(H,98,117)(H,99,119)(H,100,121)(H,101,116)(H,102,118)(H,122,123)/t38-,50+,51-,59+,60+,63?,65+,66+,67+,68+,69-,70+,71-,72-,73+,74+,75+,76+,78+,79-,87-,88-,89-/m0/s1. The number of carbonyl (C=O) groups is 8. The molecule has 3 fully saturated rings. The van der Waals surface area contributed by atoms with Crippen LogP contribution in [0, 0.1) is 5.92 Å². The van der Waals surface area contributed by atoms with Gasteiger partial charge in [-0.3, -0.25) is 33.6 Å². The maximum absolute atomic E-state index is 16.5. The molecule has 42 nitrogen and oxygen atoms in total. The maximum Gasteiger partial charge on any atom is 0.330 e. The summed E-state index contributed by atoms with van der Waals surface area (Å²) >= 11 is 14.5. The highest BCUT2D eigenvalue weighted by Crippen LogP contribution is 2.51. The van der Waals surface area contributed by atoms with E-state index in [4.69, 9.17) is 72.6 Å². The molecule has 8 aliphatic heterocycles. The van der Waals surface area contributed by atoms with E-state index in [0.717, 1.165) is 77.8 Å². The van der Waals surface area contributed by atoms with Crippen LogP contribution < -0.4 is 77.8 Å². The quantitative estimate of drug-likeness (QED) is 0.0335. The van der Waals surface area contributed by atoms with Crippen molar-refractivity contribution in [1.82, 2.24) is 47.3 Å². The molecule has 7 aromatic carbocycles. The van der Waals surface area contributed by atoms with Crippen molar-refractivity contribution in [2.45, 2.75) is 211 Å². The highest BCUT2D eigenvalue weighted by molar-refractivity contribution is 7.89. The second kappa shape index (κ2) is 42.1. The zero-order valence-corrected chi connectivity index (χ0v) is 75.6. The predicted octanol–water partition coefficient (Wildman–Crippen LogP) is 0.896. The fourth-order valence-corrected chi connectivity index (χ4v) is 18.7. The van der Waals surface area contributed by atoms with E-state index in [1.165, 1.54) is 39.1 Å². The number of primary amides is 1. The normalized spacial score (nSPS) is 28.7.